The molecule has 8 heteroatoms. The Bertz CT molecular complexity index is 1630. The van der Waals surface area contributed by atoms with Gasteiger partial charge < -0.3 is 10.1 Å². The Kier molecular flexibility index (Phi) is 5.65. The summed E-state index contributed by atoms with van der Waals surface area (Å²) in [6.45, 7) is 0. The van der Waals surface area contributed by atoms with Gasteiger partial charge in [0.15, 0.2) is 11.6 Å². The van der Waals surface area contributed by atoms with Gasteiger partial charge in [0.1, 0.15) is 5.69 Å². The predicted octanol–water partition coefficient (Wildman–Crippen LogP) is 6.08. The Morgan fingerprint density at radius 3 is 2.17 bits per heavy atom. The van der Waals surface area contributed by atoms with Gasteiger partial charge in [0.25, 0.3) is 0 Å². The molecular formula is C28H19N7O. The SMILES string of the molecule is c1ccc(-c2nnc(Nc3ncc(Oc4ncccc4-c4ccncc4)cn3)c3ccccc23)cc1. The van der Waals surface area contributed by atoms with Gasteiger partial charge in [-0.3, -0.25) is 4.98 Å². The number of aromatic nitrogens is 6. The molecule has 2 aromatic carbocycles. The highest BCUT2D eigenvalue weighted by Gasteiger charge is 2.13. The zero-order chi connectivity index (χ0) is 24.2. The van der Waals surface area contributed by atoms with E-state index in [1.807, 2.05) is 78.9 Å². The molecule has 0 saturated heterocycles. The molecule has 172 valence electrons. The average molecular weight is 470 g/mol. The summed E-state index contributed by atoms with van der Waals surface area (Å²) in [6, 6.07) is 25.6. The van der Waals surface area contributed by atoms with Crippen LogP contribution in [0.5, 0.6) is 11.6 Å². The summed E-state index contributed by atoms with van der Waals surface area (Å²) in [5, 5.41) is 14.0. The van der Waals surface area contributed by atoms with Crippen molar-refractivity contribution in [3.63, 3.8) is 0 Å². The second-order valence-corrected chi connectivity index (χ2v) is 7.87. The van der Waals surface area contributed by atoms with E-state index in [0.717, 1.165) is 33.2 Å². The van der Waals surface area contributed by atoms with Gasteiger partial charge in [-0.2, -0.15) is 0 Å². The number of hydrogen-bond acceptors (Lipinski definition) is 8. The molecule has 4 heterocycles. The highest BCUT2D eigenvalue weighted by Crippen LogP contribution is 2.32. The van der Waals surface area contributed by atoms with Crippen molar-refractivity contribution in [2.75, 3.05) is 5.32 Å². The van der Waals surface area contributed by atoms with Crippen LogP contribution in [0.1, 0.15) is 0 Å². The number of nitrogens with one attached hydrogen (secondary N) is 1. The van der Waals surface area contributed by atoms with E-state index < -0.39 is 0 Å². The first-order valence-electron chi connectivity index (χ1n) is 11.3. The number of anilines is 2. The van der Waals surface area contributed by atoms with Crippen LogP contribution in [-0.4, -0.2) is 30.1 Å². The second kappa shape index (κ2) is 9.55. The molecule has 6 rings (SSSR count). The van der Waals surface area contributed by atoms with Gasteiger partial charge in [0.2, 0.25) is 11.8 Å². The lowest BCUT2D eigenvalue weighted by Gasteiger charge is -2.11. The third-order valence-corrected chi connectivity index (χ3v) is 5.57. The molecular weight excluding hydrogens is 450 g/mol. The first-order valence-corrected chi connectivity index (χ1v) is 11.3. The minimum absolute atomic E-state index is 0.379. The van der Waals surface area contributed by atoms with Gasteiger partial charge in [-0.1, -0.05) is 54.6 Å². The minimum Gasteiger partial charge on any atom is -0.435 e. The molecule has 1 N–H and O–H groups in total. The van der Waals surface area contributed by atoms with Gasteiger partial charge in [-0.05, 0) is 29.8 Å². The second-order valence-electron chi connectivity index (χ2n) is 7.87. The monoisotopic (exact) mass is 469 g/mol. The smallest absolute Gasteiger partial charge is 0.228 e. The summed E-state index contributed by atoms with van der Waals surface area (Å²) in [5.41, 5.74) is 3.63. The van der Waals surface area contributed by atoms with Crippen molar-refractivity contribution in [3.8, 4) is 34.0 Å². The zero-order valence-electron chi connectivity index (χ0n) is 19.0. The van der Waals surface area contributed by atoms with E-state index in [4.69, 9.17) is 4.74 Å². The molecule has 0 amide bonds. The van der Waals surface area contributed by atoms with Crippen molar-refractivity contribution in [1.82, 2.24) is 30.1 Å². The van der Waals surface area contributed by atoms with E-state index in [1.54, 1.807) is 31.0 Å². The highest BCUT2D eigenvalue weighted by atomic mass is 16.5. The van der Waals surface area contributed by atoms with E-state index in [1.165, 1.54) is 0 Å². The predicted molar refractivity (Wildman–Crippen MR) is 138 cm³/mol. The molecule has 36 heavy (non-hydrogen) atoms. The van der Waals surface area contributed by atoms with Crippen LogP contribution in [-0.2, 0) is 0 Å². The first kappa shape index (κ1) is 21.3. The summed E-state index contributed by atoms with van der Waals surface area (Å²) < 4.78 is 5.99. The van der Waals surface area contributed by atoms with E-state index in [-0.39, 0.29) is 0 Å². The minimum atomic E-state index is 0.379. The normalized spacial score (nSPS) is 10.8. The van der Waals surface area contributed by atoms with E-state index in [0.29, 0.717) is 23.4 Å². The van der Waals surface area contributed by atoms with Crippen molar-refractivity contribution in [3.05, 3.63) is 110 Å². The van der Waals surface area contributed by atoms with Crippen molar-refractivity contribution in [2.24, 2.45) is 0 Å². The lowest BCUT2D eigenvalue weighted by atomic mass is 10.0. The van der Waals surface area contributed by atoms with Crippen LogP contribution < -0.4 is 10.1 Å². The number of rotatable bonds is 6. The Morgan fingerprint density at radius 1 is 0.611 bits per heavy atom. The van der Waals surface area contributed by atoms with Gasteiger partial charge in [0.05, 0.1) is 12.4 Å². The van der Waals surface area contributed by atoms with Crippen molar-refractivity contribution in [2.45, 2.75) is 0 Å². The molecule has 4 aromatic heterocycles. The van der Waals surface area contributed by atoms with Crippen LogP contribution in [0.15, 0.2) is 110 Å². The third kappa shape index (κ3) is 4.30. The van der Waals surface area contributed by atoms with Crippen LogP contribution in [0.2, 0.25) is 0 Å². The highest BCUT2D eigenvalue weighted by molar-refractivity contribution is 6.00. The van der Waals surface area contributed by atoms with Crippen LogP contribution in [0, 0.1) is 0 Å². The number of pyridine rings is 2. The molecule has 0 radical (unpaired) electrons. The number of hydrogen-bond donors (Lipinski definition) is 1. The largest absolute Gasteiger partial charge is 0.435 e. The zero-order valence-corrected chi connectivity index (χ0v) is 19.0. The molecule has 0 aliphatic heterocycles. The Morgan fingerprint density at radius 2 is 1.36 bits per heavy atom. The Hall–Kier alpha value is -5.24. The molecule has 0 aliphatic rings. The topological polar surface area (TPSA) is 98.6 Å². The van der Waals surface area contributed by atoms with Crippen molar-refractivity contribution in [1.29, 1.82) is 0 Å². The summed E-state index contributed by atoms with van der Waals surface area (Å²) in [7, 11) is 0. The maximum Gasteiger partial charge on any atom is 0.228 e. The van der Waals surface area contributed by atoms with E-state index in [9.17, 15) is 0 Å². The van der Waals surface area contributed by atoms with Gasteiger partial charge in [0, 0.05) is 40.5 Å². The molecule has 8 nitrogen and oxygen atoms in total. The van der Waals surface area contributed by atoms with Crippen LogP contribution in [0.4, 0.5) is 11.8 Å². The summed E-state index contributed by atoms with van der Waals surface area (Å²) >= 11 is 0. The average Bonchev–Trinajstić information content (AvgIpc) is 2.95. The maximum atomic E-state index is 5.99. The van der Waals surface area contributed by atoms with Crippen molar-refractivity contribution >= 4 is 22.5 Å². The molecule has 0 bridgehead atoms. The number of nitrogens with zero attached hydrogens (tertiary/aromatic N) is 6. The summed E-state index contributed by atoms with van der Waals surface area (Å²) in [5.74, 6) is 1.87. The molecule has 6 aromatic rings. The fourth-order valence-corrected chi connectivity index (χ4v) is 3.88. The number of ether oxygens (including phenoxy) is 1. The lowest BCUT2D eigenvalue weighted by Crippen LogP contribution is -2.02. The number of benzene rings is 2. The molecule has 0 fully saturated rings. The molecule has 0 saturated carbocycles. The molecule has 0 atom stereocenters. The lowest BCUT2D eigenvalue weighted by molar-refractivity contribution is 0.460. The quantitative estimate of drug-likeness (QED) is 0.313. The third-order valence-electron chi connectivity index (χ3n) is 5.57. The van der Waals surface area contributed by atoms with Crippen molar-refractivity contribution < 1.29 is 4.74 Å². The molecule has 0 aliphatic carbocycles. The molecule has 0 unspecified atom stereocenters. The standard InChI is InChI=1S/C28H19N7O/c1-2-7-20(8-3-1)25-23-9-4-5-10-24(23)26(35-34-25)33-28-31-17-21(18-32-28)36-27-22(11-6-14-30-27)19-12-15-29-16-13-19/h1-18H,(H,31,32,33,35). The van der Waals surface area contributed by atoms with E-state index >= 15 is 0 Å². The van der Waals surface area contributed by atoms with Gasteiger partial charge >= 0.3 is 0 Å². The maximum absolute atomic E-state index is 5.99. The fraction of sp³-hybridized carbons (Fsp3) is 0. The van der Waals surface area contributed by atoms with Gasteiger partial charge in [-0.15, -0.1) is 10.2 Å². The first-order chi connectivity index (χ1) is 17.8. The van der Waals surface area contributed by atoms with E-state index in [2.05, 4.69) is 35.5 Å². The number of fused-ring (bicyclic) bond motifs is 1. The Balaban J connectivity index is 1.26. The summed E-state index contributed by atoms with van der Waals surface area (Å²) in [6.07, 6.45) is 8.33. The molecule has 0 spiro atoms. The van der Waals surface area contributed by atoms with Gasteiger partial charge in [-0.25, -0.2) is 15.0 Å². The fourth-order valence-electron chi connectivity index (χ4n) is 3.88. The van der Waals surface area contributed by atoms with Crippen LogP contribution >= 0.6 is 0 Å². The summed E-state index contributed by atoms with van der Waals surface area (Å²) in [4.78, 5) is 17.3. The van der Waals surface area contributed by atoms with Crippen LogP contribution in [0.3, 0.4) is 0 Å². The Labute approximate surface area is 206 Å². The van der Waals surface area contributed by atoms with Crippen LogP contribution in [0.25, 0.3) is 33.2 Å².